The van der Waals surface area contributed by atoms with Gasteiger partial charge in [-0.1, -0.05) is 12.1 Å². The summed E-state index contributed by atoms with van der Waals surface area (Å²) in [5, 5.41) is 11.3. The van der Waals surface area contributed by atoms with Crippen LogP contribution in [-0.2, 0) is 4.84 Å². The monoisotopic (exact) mass is 336 g/mol. The second kappa shape index (κ2) is 7.85. The topological polar surface area (TPSA) is 70.6 Å². The summed E-state index contributed by atoms with van der Waals surface area (Å²) in [7, 11) is 0. The number of carbonyl (C=O) groups excluding carboxylic acids is 1. The number of aliphatic hydroxyl groups excluding tert-OH is 1. The summed E-state index contributed by atoms with van der Waals surface area (Å²) in [5.41, 5.74) is 2.98. The van der Waals surface area contributed by atoms with E-state index in [1.165, 1.54) is 31.2 Å². The van der Waals surface area contributed by atoms with Gasteiger partial charge in [0.25, 0.3) is 5.91 Å². The molecule has 0 spiro atoms. The predicted octanol–water partition coefficient (Wildman–Crippen LogP) is 2.98. The van der Waals surface area contributed by atoms with Crippen LogP contribution in [0.25, 0.3) is 0 Å². The third-order valence-corrected chi connectivity index (χ3v) is 3.32. The number of anilines is 2. The number of hydroxylamine groups is 1. The largest absolute Gasteiger partial charge is 0.394 e. The molecule has 5 nitrogen and oxygen atoms in total. The molecular formula is C17H18F2N2O3. The molecule has 128 valence electrons. The Morgan fingerprint density at radius 1 is 1.21 bits per heavy atom. The van der Waals surface area contributed by atoms with Crippen molar-refractivity contribution in [3.63, 3.8) is 0 Å². The van der Waals surface area contributed by atoms with Crippen LogP contribution >= 0.6 is 0 Å². The van der Waals surface area contributed by atoms with Gasteiger partial charge in [-0.25, -0.2) is 14.3 Å². The average Bonchev–Trinajstić information content (AvgIpc) is 2.54. The van der Waals surface area contributed by atoms with Crippen molar-refractivity contribution in [3.05, 3.63) is 58.7 Å². The van der Waals surface area contributed by atoms with Crippen LogP contribution < -0.4 is 10.8 Å². The number of benzene rings is 2. The summed E-state index contributed by atoms with van der Waals surface area (Å²) in [6.45, 7) is 2.89. The van der Waals surface area contributed by atoms with Crippen LogP contribution in [0.1, 0.15) is 21.5 Å². The van der Waals surface area contributed by atoms with E-state index in [0.29, 0.717) is 5.56 Å². The summed E-state index contributed by atoms with van der Waals surface area (Å²) < 4.78 is 28.5. The van der Waals surface area contributed by atoms with Gasteiger partial charge < -0.3 is 10.4 Å². The molecule has 0 saturated carbocycles. The molecule has 0 radical (unpaired) electrons. The lowest BCUT2D eigenvalue weighted by molar-refractivity contribution is 0.0168. The third-order valence-electron chi connectivity index (χ3n) is 3.32. The zero-order valence-electron chi connectivity index (χ0n) is 13.3. The van der Waals surface area contributed by atoms with Gasteiger partial charge in [0.1, 0.15) is 11.6 Å². The van der Waals surface area contributed by atoms with E-state index < -0.39 is 17.5 Å². The Kier molecular flexibility index (Phi) is 5.83. The van der Waals surface area contributed by atoms with Gasteiger partial charge in [-0.2, -0.15) is 0 Å². The van der Waals surface area contributed by atoms with Crippen molar-refractivity contribution in [1.29, 1.82) is 0 Å². The summed E-state index contributed by atoms with van der Waals surface area (Å²) >= 11 is 0. The van der Waals surface area contributed by atoms with Crippen LogP contribution in [0.5, 0.6) is 0 Å². The summed E-state index contributed by atoms with van der Waals surface area (Å²) in [6.07, 6.45) is 0. The molecule has 1 amide bonds. The summed E-state index contributed by atoms with van der Waals surface area (Å²) in [5.74, 6) is -1.93. The first kappa shape index (κ1) is 17.8. The van der Waals surface area contributed by atoms with Crippen molar-refractivity contribution in [2.75, 3.05) is 18.5 Å². The second-order valence-electron chi connectivity index (χ2n) is 5.23. The molecule has 2 rings (SSSR count). The Morgan fingerprint density at radius 3 is 2.62 bits per heavy atom. The lowest BCUT2D eigenvalue weighted by atomic mass is 10.1. The minimum absolute atomic E-state index is 0.0454. The minimum atomic E-state index is -0.711. The maximum atomic E-state index is 14.5. The first-order chi connectivity index (χ1) is 11.4. The molecule has 0 atom stereocenters. The average molecular weight is 336 g/mol. The van der Waals surface area contributed by atoms with Crippen molar-refractivity contribution in [2.45, 2.75) is 13.8 Å². The fourth-order valence-electron chi connectivity index (χ4n) is 2.07. The molecule has 0 unspecified atom stereocenters. The van der Waals surface area contributed by atoms with Crippen LogP contribution in [0.2, 0.25) is 0 Å². The summed E-state index contributed by atoms with van der Waals surface area (Å²) in [4.78, 5) is 16.9. The summed E-state index contributed by atoms with van der Waals surface area (Å²) in [6, 6.07) is 7.29. The van der Waals surface area contributed by atoms with Crippen LogP contribution in [0.4, 0.5) is 20.2 Å². The van der Waals surface area contributed by atoms with E-state index in [1.807, 2.05) is 0 Å². The quantitative estimate of drug-likeness (QED) is 0.560. The highest BCUT2D eigenvalue weighted by molar-refractivity contribution is 6.00. The first-order valence-electron chi connectivity index (χ1n) is 7.29. The number of nitrogens with one attached hydrogen (secondary N) is 2. The van der Waals surface area contributed by atoms with Gasteiger partial charge in [-0.3, -0.25) is 9.63 Å². The number of hydrogen-bond donors (Lipinski definition) is 3. The Balaban J connectivity index is 2.36. The molecule has 3 N–H and O–H groups in total. The third kappa shape index (κ3) is 4.06. The van der Waals surface area contributed by atoms with Crippen molar-refractivity contribution in [2.24, 2.45) is 0 Å². The molecule has 0 fully saturated rings. The highest BCUT2D eigenvalue weighted by atomic mass is 19.1. The van der Waals surface area contributed by atoms with Crippen molar-refractivity contribution < 1.29 is 23.5 Å². The van der Waals surface area contributed by atoms with E-state index in [0.717, 1.165) is 5.56 Å². The maximum Gasteiger partial charge on any atom is 0.277 e. The molecule has 0 aliphatic rings. The molecule has 0 aliphatic carbocycles. The molecule has 0 aliphatic heterocycles. The van der Waals surface area contributed by atoms with E-state index in [1.54, 1.807) is 13.0 Å². The van der Waals surface area contributed by atoms with Crippen molar-refractivity contribution in [1.82, 2.24) is 5.48 Å². The van der Waals surface area contributed by atoms with Crippen LogP contribution in [-0.4, -0.2) is 24.2 Å². The van der Waals surface area contributed by atoms with Gasteiger partial charge in [-0.05, 0) is 43.2 Å². The van der Waals surface area contributed by atoms with E-state index in [9.17, 15) is 13.6 Å². The predicted molar refractivity (Wildman–Crippen MR) is 86.1 cm³/mol. The highest BCUT2D eigenvalue weighted by Crippen LogP contribution is 2.28. The molecule has 2 aromatic rings. The number of aryl methyl sites for hydroxylation is 2. The lowest BCUT2D eigenvalue weighted by Gasteiger charge is -2.15. The number of carbonyl (C=O) groups is 1. The fourth-order valence-corrected chi connectivity index (χ4v) is 2.07. The minimum Gasteiger partial charge on any atom is -0.394 e. The maximum absolute atomic E-state index is 14.5. The molecule has 0 bridgehead atoms. The van der Waals surface area contributed by atoms with Crippen LogP contribution in [0.3, 0.4) is 0 Å². The highest BCUT2D eigenvalue weighted by Gasteiger charge is 2.18. The molecule has 24 heavy (non-hydrogen) atoms. The number of aliphatic hydroxyl groups is 1. The second-order valence-corrected chi connectivity index (χ2v) is 5.23. The molecule has 2 aromatic carbocycles. The van der Waals surface area contributed by atoms with E-state index in [-0.39, 0.29) is 30.2 Å². The van der Waals surface area contributed by atoms with Gasteiger partial charge >= 0.3 is 0 Å². The van der Waals surface area contributed by atoms with E-state index in [2.05, 4.69) is 10.8 Å². The molecular weight excluding hydrogens is 318 g/mol. The van der Waals surface area contributed by atoms with E-state index >= 15 is 0 Å². The molecule has 0 heterocycles. The Hall–Kier alpha value is -2.51. The first-order valence-corrected chi connectivity index (χ1v) is 7.29. The Labute approximate surface area is 138 Å². The molecule has 0 aromatic heterocycles. The lowest BCUT2D eigenvalue weighted by Crippen LogP contribution is -2.26. The van der Waals surface area contributed by atoms with Crippen LogP contribution in [0.15, 0.2) is 30.3 Å². The SMILES string of the molecule is Cc1ccc(Nc2c(C(=O)NOCCO)ccc(C)c2F)c(F)c1. The molecule has 7 heteroatoms. The number of rotatable bonds is 6. The fraction of sp³-hybridized carbons (Fsp3) is 0.235. The number of hydrogen-bond acceptors (Lipinski definition) is 4. The van der Waals surface area contributed by atoms with Gasteiger partial charge in [0.15, 0.2) is 0 Å². The van der Waals surface area contributed by atoms with Gasteiger partial charge in [0.05, 0.1) is 30.2 Å². The smallest absolute Gasteiger partial charge is 0.277 e. The standard InChI is InChI=1S/C17H18F2N2O3/c1-10-3-6-14(13(18)9-10)20-16-12(5-4-11(2)15(16)19)17(23)21-24-8-7-22/h3-6,9,20,22H,7-8H2,1-2H3,(H,21,23). The number of amides is 1. The van der Waals surface area contributed by atoms with E-state index in [4.69, 9.17) is 9.94 Å². The van der Waals surface area contributed by atoms with Gasteiger partial charge in [0.2, 0.25) is 0 Å². The van der Waals surface area contributed by atoms with Crippen molar-refractivity contribution >= 4 is 17.3 Å². The Bertz CT molecular complexity index is 751. The molecule has 0 saturated heterocycles. The van der Waals surface area contributed by atoms with Crippen molar-refractivity contribution in [3.8, 4) is 0 Å². The Morgan fingerprint density at radius 2 is 1.96 bits per heavy atom. The zero-order chi connectivity index (χ0) is 17.7. The van der Waals surface area contributed by atoms with Gasteiger partial charge in [-0.15, -0.1) is 0 Å². The zero-order valence-corrected chi connectivity index (χ0v) is 13.3. The normalized spacial score (nSPS) is 10.5. The van der Waals surface area contributed by atoms with Gasteiger partial charge in [0, 0.05) is 0 Å². The van der Waals surface area contributed by atoms with Crippen LogP contribution in [0, 0.1) is 25.5 Å². The number of halogens is 2.